The second-order valence-electron chi connectivity index (χ2n) is 6.68. The molecule has 3 aromatic rings. The molecule has 0 aliphatic carbocycles. The van der Waals surface area contributed by atoms with Gasteiger partial charge in [-0.15, -0.1) is 0 Å². The molecular weight excluding hydrogens is 406 g/mol. The first-order valence-corrected chi connectivity index (χ1v) is 9.72. The van der Waals surface area contributed by atoms with Crippen LogP contribution in [0.2, 0.25) is 0 Å². The molecule has 0 fully saturated rings. The smallest absolute Gasteiger partial charge is 0.171 e. The molecule has 1 N–H and O–H groups in total. The molecule has 0 saturated carbocycles. The van der Waals surface area contributed by atoms with Crippen LogP contribution in [0, 0.1) is 0 Å². The normalized spacial score (nSPS) is 14.0. The Labute approximate surface area is 167 Å². The van der Waals surface area contributed by atoms with Gasteiger partial charge < -0.3 is 14.5 Å². The van der Waals surface area contributed by atoms with Crippen LogP contribution in [0.5, 0.6) is 11.5 Å². The van der Waals surface area contributed by atoms with Crippen molar-refractivity contribution in [3.05, 3.63) is 63.9 Å². The molecule has 0 amide bonds. The van der Waals surface area contributed by atoms with Gasteiger partial charge in [-0.05, 0) is 29.7 Å². The van der Waals surface area contributed by atoms with Crippen LogP contribution in [0.25, 0.3) is 11.4 Å². The summed E-state index contributed by atoms with van der Waals surface area (Å²) in [6.45, 7) is 2.87. The zero-order chi connectivity index (χ0) is 18.8. The van der Waals surface area contributed by atoms with Gasteiger partial charge >= 0.3 is 0 Å². The van der Waals surface area contributed by atoms with Gasteiger partial charge in [0.1, 0.15) is 5.82 Å². The number of methoxy groups -OCH3 is 2. The highest BCUT2D eigenvalue weighted by Gasteiger charge is 2.19. The van der Waals surface area contributed by atoms with Crippen molar-refractivity contribution in [2.24, 2.45) is 0 Å². The Morgan fingerprint density at radius 1 is 1.15 bits per heavy atom. The lowest BCUT2D eigenvalue weighted by atomic mass is 10.00. The topological polar surface area (TPSA) is 50.4 Å². The third-order valence-corrected chi connectivity index (χ3v) is 5.39. The predicted molar refractivity (Wildman–Crippen MR) is 109 cm³/mol. The fourth-order valence-electron chi connectivity index (χ4n) is 3.61. The molecular formula is C21H22BrN3O2. The van der Waals surface area contributed by atoms with Gasteiger partial charge in [0.2, 0.25) is 0 Å². The minimum absolute atomic E-state index is 0.674. The van der Waals surface area contributed by atoms with Crippen molar-refractivity contribution in [1.82, 2.24) is 14.9 Å². The summed E-state index contributed by atoms with van der Waals surface area (Å²) in [4.78, 5) is 10.5. The number of fused-ring (bicyclic) bond motifs is 1. The molecule has 2 aromatic carbocycles. The SMILES string of the molecule is COc1cc(Br)cc(-c2ncc(CN3CCc4ccccc4C3)[nH]2)c1OC. The first-order chi connectivity index (χ1) is 13.2. The average molecular weight is 428 g/mol. The van der Waals surface area contributed by atoms with Gasteiger partial charge in [-0.2, -0.15) is 0 Å². The van der Waals surface area contributed by atoms with E-state index in [4.69, 9.17) is 9.47 Å². The van der Waals surface area contributed by atoms with E-state index in [0.717, 1.165) is 47.6 Å². The minimum atomic E-state index is 0.674. The molecule has 1 aromatic heterocycles. The van der Waals surface area contributed by atoms with Crippen molar-refractivity contribution >= 4 is 15.9 Å². The van der Waals surface area contributed by atoms with E-state index in [2.05, 4.69) is 55.1 Å². The molecule has 27 heavy (non-hydrogen) atoms. The third kappa shape index (κ3) is 3.73. The monoisotopic (exact) mass is 427 g/mol. The first-order valence-electron chi connectivity index (χ1n) is 8.93. The summed E-state index contributed by atoms with van der Waals surface area (Å²) in [7, 11) is 3.28. The second-order valence-corrected chi connectivity index (χ2v) is 7.59. The zero-order valence-corrected chi connectivity index (χ0v) is 17.0. The molecule has 1 aliphatic heterocycles. The predicted octanol–water partition coefficient (Wildman–Crippen LogP) is 4.41. The van der Waals surface area contributed by atoms with Gasteiger partial charge in [0.05, 0.1) is 19.8 Å². The van der Waals surface area contributed by atoms with Crippen molar-refractivity contribution in [2.45, 2.75) is 19.5 Å². The lowest BCUT2D eigenvalue weighted by Gasteiger charge is -2.28. The Hall–Kier alpha value is -2.31. The fraction of sp³-hybridized carbons (Fsp3) is 0.286. The molecule has 0 atom stereocenters. The van der Waals surface area contributed by atoms with E-state index >= 15 is 0 Å². The Bertz CT molecular complexity index is 954. The number of halogens is 1. The van der Waals surface area contributed by atoms with Crippen molar-refractivity contribution in [1.29, 1.82) is 0 Å². The van der Waals surface area contributed by atoms with Crippen LogP contribution in [-0.2, 0) is 19.5 Å². The molecule has 6 heteroatoms. The maximum atomic E-state index is 5.56. The molecule has 0 saturated heterocycles. The van der Waals surface area contributed by atoms with E-state index in [1.807, 2.05) is 18.3 Å². The fourth-order valence-corrected chi connectivity index (χ4v) is 4.05. The summed E-state index contributed by atoms with van der Waals surface area (Å²) in [6, 6.07) is 12.6. The van der Waals surface area contributed by atoms with Crippen LogP contribution in [0.15, 0.2) is 47.1 Å². The summed E-state index contributed by atoms with van der Waals surface area (Å²) in [6.07, 6.45) is 3.00. The number of rotatable bonds is 5. The van der Waals surface area contributed by atoms with Crippen LogP contribution in [0.4, 0.5) is 0 Å². The van der Waals surface area contributed by atoms with Crippen LogP contribution in [0.3, 0.4) is 0 Å². The van der Waals surface area contributed by atoms with Gasteiger partial charge in [0.15, 0.2) is 11.5 Å². The van der Waals surface area contributed by atoms with Gasteiger partial charge in [-0.25, -0.2) is 4.98 Å². The highest BCUT2D eigenvalue weighted by atomic mass is 79.9. The van der Waals surface area contributed by atoms with Crippen LogP contribution >= 0.6 is 15.9 Å². The third-order valence-electron chi connectivity index (χ3n) is 4.93. The molecule has 0 unspecified atom stereocenters. The summed E-state index contributed by atoms with van der Waals surface area (Å²) in [5.74, 6) is 2.12. The maximum absolute atomic E-state index is 5.56. The molecule has 0 radical (unpaired) electrons. The van der Waals surface area contributed by atoms with Crippen molar-refractivity contribution in [3.8, 4) is 22.9 Å². The number of hydrogen-bond acceptors (Lipinski definition) is 4. The molecule has 4 rings (SSSR count). The molecule has 2 heterocycles. The Kier molecular flexibility index (Phi) is 5.18. The summed E-state index contributed by atoms with van der Waals surface area (Å²) >= 11 is 3.53. The number of H-pyrrole nitrogens is 1. The zero-order valence-electron chi connectivity index (χ0n) is 15.5. The van der Waals surface area contributed by atoms with E-state index in [1.165, 1.54) is 11.1 Å². The molecule has 5 nitrogen and oxygen atoms in total. The van der Waals surface area contributed by atoms with E-state index in [0.29, 0.717) is 11.5 Å². The van der Waals surface area contributed by atoms with Gasteiger partial charge in [0, 0.05) is 36.0 Å². The lowest BCUT2D eigenvalue weighted by Crippen LogP contribution is -2.30. The Morgan fingerprint density at radius 2 is 1.96 bits per heavy atom. The summed E-state index contributed by atoms with van der Waals surface area (Å²) < 4.78 is 11.9. The van der Waals surface area contributed by atoms with Crippen LogP contribution in [-0.4, -0.2) is 35.6 Å². The van der Waals surface area contributed by atoms with Gasteiger partial charge in [0.25, 0.3) is 0 Å². The number of imidazole rings is 1. The van der Waals surface area contributed by atoms with Crippen LogP contribution < -0.4 is 9.47 Å². The number of aromatic nitrogens is 2. The quantitative estimate of drug-likeness (QED) is 0.654. The summed E-state index contributed by atoms with van der Waals surface area (Å²) in [5, 5.41) is 0. The number of aromatic amines is 1. The highest BCUT2D eigenvalue weighted by Crippen LogP contribution is 2.39. The van der Waals surface area contributed by atoms with E-state index in [-0.39, 0.29) is 0 Å². The van der Waals surface area contributed by atoms with Gasteiger partial charge in [-0.1, -0.05) is 40.2 Å². The van der Waals surface area contributed by atoms with Crippen molar-refractivity contribution in [3.63, 3.8) is 0 Å². The number of benzene rings is 2. The lowest BCUT2D eigenvalue weighted by molar-refractivity contribution is 0.243. The van der Waals surface area contributed by atoms with Crippen molar-refractivity contribution < 1.29 is 9.47 Å². The van der Waals surface area contributed by atoms with E-state index in [9.17, 15) is 0 Å². The highest BCUT2D eigenvalue weighted by molar-refractivity contribution is 9.10. The maximum Gasteiger partial charge on any atom is 0.171 e. The Morgan fingerprint density at radius 3 is 2.74 bits per heavy atom. The number of hydrogen-bond donors (Lipinski definition) is 1. The number of nitrogens with zero attached hydrogens (tertiary/aromatic N) is 2. The number of ether oxygens (including phenoxy) is 2. The molecule has 140 valence electrons. The van der Waals surface area contributed by atoms with E-state index < -0.39 is 0 Å². The van der Waals surface area contributed by atoms with E-state index in [1.54, 1.807) is 14.2 Å². The first kappa shape index (κ1) is 18.1. The standard InChI is InChI=1S/C21H22BrN3O2/c1-26-19-10-16(22)9-18(20(19)27-2)21-23-11-17(24-21)13-25-8-7-14-5-3-4-6-15(14)12-25/h3-6,9-11H,7-8,12-13H2,1-2H3,(H,23,24). The van der Waals surface area contributed by atoms with Crippen LogP contribution in [0.1, 0.15) is 16.8 Å². The number of nitrogens with one attached hydrogen (secondary N) is 1. The molecule has 0 spiro atoms. The second kappa shape index (κ2) is 7.74. The van der Waals surface area contributed by atoms with Gasteiger partial charge in [-0.3, -0.25) is 4.90 Å². The minimum Gasteiger partial charge on any atom is -0.493 e. The molecule has 1 aliphatic rings. The largest absolute Gasteiger partial charge is 0.493 e. The average Bonchev–Trinajstić information content (AvgIpc) is 3.15. The molecule has 0 bridgehead atoms. The Balaban J connectivity index is 1.56. The summed E-state index contributed by atoms with van der Waals surface area (Å²) in [5.41, 5.74) is 4.84. The van der Waals surface area contributed by atoms with Crippen molar-refractivity contribution in [2.75, 3.05) is 20.8 Å².